The monoisotopic (exact) mass is 442 g/mol. The molecule has 0 radical (unpaired) electrons. The summed E-state index contributed by atoms with van der Waals surface area (Å²) in [7, 11) is -0.624. The molecular weight excluding hydrogens is 424 g/mol. The zero-order valence-electron chi connectivity index (χ0n) is 16.1. The smallest absolute Gasteiger partial charge is 0.238 e. The minimum absolute atomic E-state index is 0.0111. The molecule has 3 N–H and O–H groups in total. The SMILES string of the molecule is COc1ccc(-c2csc(/C(C#N)=C\Nc3ccc(S(N)(=O)=O)cc3)n2)cc1OC. The third kappa shape index (κ3) is 4.77. The van der Waals surface area contributed by atoms with Crippen LogP contribution in [0.3, 0.4) is 0 Å². The van der Waals surface area contributed by atoms with Crippen LogP contribution in [0.2, 0.25) is 0 Å². The normalized spacial score (nSPS) is 11.6. The highest BCUT2D eigenvalue weighted by Gasteiger charge is 2.12. The van der Waals surface area contributed by atoms with Gasteiger partial charge in [0.25, 0.3) is 0 Å². The zero-order chi connectivity index (χ0) is 21.7. The lowest BCUT2D eigenvalue weighted by molar-refractivity contribution is 0.355. The highest BCUT2D eigenvalue weighted by Crippen LogP contribution is 2.33. The Morgan fingerprint density at radius 3 is 2.47 bits per heavy atom. The summed E-state index contributed by atoms with van der Waals surface area (Å²) in [6.07, 6.45) is 1.52. The van der Waals surface area contributed by atoms with Gasteiger partial charge in [-0.05, 0) is 42.5 Å². The van der Waals surface area contributed by atoms with Crippen molar-refractivity contribution in [3.8, 4) is 28.8 Å². The molecule has 1 heterocycles. The van der Waals surface area contributed by atoms with Gasteiger partial charge in [-0.3, -0.25) is 0 Å². The second kappa shape index (κ2) is 8.96. The van der Waals surface area contributed by atoms with Gasteiger partial charge in [0.05, 0.1) is 24.8 Å². The van der Waals surface area contributed by atoms with E-state index in [9.17, 15) is 13.7 Å². The lowest BCUT2D eigenvalue weighted by Crippen LogP contribution is -2.11. The molecule has 0 spiro atoms. The van der Waals surface area contributed by atoms with Crippen molar-refractivity contribution in [2.45, 2.75) is 4.90 Å². The number of benzene rings is 2. The first-order valence-electron chi connectivity index (χ1n) is 8.53. The maximum absolute atomic E-state index is 11.3. The van der Waals surface area contributed by atoms with E-state index in [1.807, 2.05) is 17.5 Å². The van der Waals surface area contributed by atoms with Crippen LogP contribution in [0.15, 0.2) is 58.9 Å². The Labute approximate surface area is 178 Å². The summed E-state index contributed by atoms with van der Waals surface area (Å²) < 4.78 is 33.2. The third-order valence-electron chi connectivity index (χ3n) is 4.10. The van der Waals surface area contributed by atoms with E-state index in [1.165, 1.54) is 29.7 Å². The van der Waals surface area contributed by atoms with Crippen LogP contribution < -0.4 is 19.9 Å². The molecule has 154 valence electrons. The van der Waals surface area contributed by atoms with Gasteiger partial charge in [-0.1, -0.05) is 0 Å². The largest absolute Gasteiger partial charge is 0.493 e. The molecule has 0 saturated heterocycles. The van der Waals surface area contributed by atoms with E-state index >= 15 is 0 Å². The molecule has 0 bridgehead atoms. The van der Waals surface area contributed by atoms with Crippen molar-refractivity contribution >= 4 is 32.6 Å². The second-order valence-corrected chi connectivity index (χ2v) is 8.41. The number of primary sulfonamides is 1. The van der Waals surface area contributed by atoms with Gasteiger partial charge >= 0.3 is 0 Å². The molecule has 3 aromatic rings. The van der Waals surface area contributed by atoms with Gasteiger partial charge < -0.3 is 14.8 Å². The number of rotatable bonds is 7. The number of nitrogens with one attached hydrogen (secondary N) is 1. The molecule has 2 aromatic carbocycles. The van der Waals surface area contributed by atoms with Gasteiger partial charge in [-0.25, -0.2) is 18.5 Å². The van der Waals surface area contributed by atoms with Crippen LogP contribution >= 0.6 is 11.3 Å². The van der Waals surface area contributed by atoms with Crippen molar-refractivity contribution < 1.29 is 17.9 Å². The fraction of sp³-hybridized carbons (Fsp3) is 0.100. The van der Waals surface area contributed by atoms with Crippen LogP contribution in [0, 0.1) is 11.3 Å². The van der Waals surface area contributed by atoms with E-state index in [0.29, 0.717) is 33.5 Å². The van der Waals surface area contributed by atoms with Crippen LogP contribution in [0.25, 0.3) is 16.8 Å². The molecule has 0 unspecified atom stereocenters. The summed E-state index contributed by atoms with van der Waals surface area (Å²) in [4.78, 5) is 4.55. The Kier molecular flexibility index (Phi) is 6.37. The van der Waals surface area contributed by atoms with Crippen LogP contribution in [0.1, 0.15) is 5.01 Å². The van der Waals surface area contributed by atoms with Gasteiger partial charge in [0, 0.05) is 22.8 Å². The summed E-state index contributed by atoms with van der Waals surface area (Å²) in [5, 5.41) is 20.0. The summed E-state index contributed by atoms with van der Waals surface area (Å²) >= 11 is 1.33. The Balaban J connectivity index is 1.81. The van der Waals surface area contributed by atoms with E-state index in [4.69, 9.17) is 14.6 Å². The van der Waals surface area contributed by atoms with Crippen LogP contribution in [-0.2, 0) is 10.0 Å². The van der Waals surface area contributed by atoms with Gasteiger partial charge in [-0.15, -0.1) is 11.3 Å². The first kappa shape index (κ1) is 21.3. The maximum atomic E-state index is 11.3. The molecular formula is C20H18N4O4S2. The highest BCUT2D eigenvalue weighted by molar-refractivity contribution is 7.89. The number of allylic oxidation sites excluding steroid dienone is 1. The van der Waals surface area contributed by atoms with Gasteiger partial charge in [0.2, 0.25) is 10.0 Å². The number of nitrogens with zero attached hydrogens (tertiary/aromatic N) is 2. The summed E-state index contributed by atoms with van der Waals surface area (Å²) in [5.41, 5.74) is 2.47. The number of sulfonamides is 1. The van der Waals surface area contributed by atoms with E-state index in [2.05, 4.69) is 16.4 Å². The summed E-state index contributed by atoms with van der Waals surface area (Å²) in [6, 6.07) is 13.5. The number of hydrogen-bond donors (Lipinski definition) is 2. The minimum atomic E-state index is -3.75. The molecule has 3 rings (SSSR count). The van der Waals surface area contributed by atoms with Crippen LogP contribution in [0.5, 0.6) is 11.5 Å². The van der Waals surface area contributed by atoms with Gasteiger partial charge in [0.1, 0.15) is 16.6 Å². The number of aromatic nitrogens is 1. The number of methoxy groups -OCH3 is 2. The fourth-order valence-corrected chi connectivity index (χ4v) is 3.87. The Hall–Kier alpha value is -3.39. The van der Waals surface area contributed by atoms with Crippen molar-refractivity contribution in [1.29, 1.82) is 5.26 Å². The zero-order valence-corrected chi connectivity index (χ0v) is 17.8. The number of nitrogens with two attached hydrogens (primary N) is 1. The number of nitriles is 1. The molecule has 8 nitrogen and oxygen atoms in total. The van der Waals surface area contributed by atoms with Crippen molar-refractivity contribution in [3.63, 3.8) is 0 Å². The lowest BCUT2D eigenvalue weighted by Gasteiger charge is -2.08. The molecule has 0 atom stereocenters. The molecule has 0 fully saturated rings. The van der Waals surface area contributed by atoms with E-state index in [0.717, 1.165) is 5.56 Å². The highest BCUT2D eigenvalue weighted by atomic mass is 32.2. The van der Waals surface area contributed by atoms with Crippen molar-refractivity contribution in [2.75, 3.05) is 19.5 Å². The molecule has 0 amide bonds. The number of hydrogen-bond acceptors (Lipinski definition) is 8. The van der Waals surface area contributed by atoms with Crippen molar-refractivity contribution in [1.82, 2.24) is 4.98 Å². The lowest BCUT2D eigenvalue weighted by atomic mass is 10.1. The second-order valence-electron chi connectivity index (χ2n) is 5.99. The first-order chi connectivity index (χ1) is 14.4. The fourth-order valence-electron chi connectivity index (χ4n) is 2.56. The molecule has 30 heavy (non-hydrogen) atoms. The first-order valence-corrected chi connectivity index (χ1v) is 11.0. The number of ether oxygens (including phenoxy) is 2. The van der Waals surface area contributed by atoms with E-state index in [1.54, 1.807) is 32.4 Å². The standard InChI is InChI=1S/C20H18N4O4S2/c1-27-18-8-3-13(9-19(18)28-2)17-12-29-20(24-17)14(10-21)11-23-15-4-6-16(7-5-15)30(22,25)26/h3-9,11-12,23H,1-2H3,(H2,22,25,26)/b14-11-. The summed E-state index contributed by atoms with van der Waals surface area (Å²) in [6.45, 7) is 0. The Morgan fingerprint density at radius 2 is 1.87 bits per heavy atom. The van der Waals surface area contributed by atoms with Crippen molar-refractivity contribution in [3.05, 3.63) is 59.1 Å². The third-order valence-corrected chi connectivity index (χ3v) is 5.91. The molecule has 0 aliphatic carbocycles. The minimum Gasteiger partial charge on any atom is -0.493 e. The molecule has 10 heteroatoms. The van der Waals surface area contributed by atoms with E-state index in [-0.39, 0.29) is 4.90 Å². The predicted octanol–water partition coefficient (Wildman–Crippen LogP) is 3.45. The Morgan fingerprint density at radius 1 is 1.17 bits per heavy atom. The molecule has 0 aliphatic rings. The van der Waals surface area contributed by atoms with E-state index < -0.39 is 10.0 Å². The van der Waals surface area contributed by atoms with Crippen molar-refractivity contribution in [2.24, 2.45) is 5.14 Å². The Bertz CT molecular complexity index is 1230. The molecule has 1 aromatic heterocycles. The topological polar surface area (TPSA) is 127 Å². The summed E-state index contributed by atoms with van der Waals surface area (Å²) in [5.74, 6) is 1.21. The number of thiazole rings is 1. The number of anilines is 1. The van der Waals surface area contributed by atoms with Gasteiger partial charge in [0.15, 0.2) is 11.5 Å². The quantitative estimate of drug-likeness (QED) is 0.536. The average molecular weight is 443 g/mol. The maximum Gasteiger partial charge on any atom is 0.238 e. The molecule has 0 saturated carbocycles. The molecule has 0 aliphatic heterocycles. The van der Waals surface area contributed by atoms with Crippen LogP contribution in [0.4, 0.5) is 5.69 Å². The van der Waals surface area contributed by atoms with Gasteiger partial charge in [-0.2, -0.15) is 5.26 Å². The predicted molar refractivity (Wildman–Crippen MR) is 116 cm³/mol. The average Bonchev–Trinajstić information content (AvgIpc) is 3.23. The van der Waals surface area contributed by atoms with Crippen LogP contribution in [-0.4, -0.2) is 27.6 Å².